The van der Waals surface area contributed by atoms with Crippen molar-refractivity contribution in [2.75, 3.05) is 11.9 Å². The lowest BCUT2D eigenvalue weighted by atomic mass is 10.1. The summed E-state index contributed by atoms with van der Waals surface area (Å²) in [4.78, 5) is 16.4. The lowest BCUT2D eigenvalue weighted by molar-refractivity contribution is -0.121. The molecule has 1 aromatic heterocycles. The Labute approximate surface area is 141 Å². The third-order valence-corrected chi connectivity index (χ3v) is 6.15. The number of nitrogens with zero attached hydrogens (tertiary/aromatic N) is 1. The molecule has 23 heavy (non-hydrogen) atoms. The number of fused-ring (bicyclic) bond motifs is 2. The Kier molecular flexibility index (Phi) is 3.95. The van der Waals surface area contributed by atoms with Gasteiger partial charge in [-0.2, -0.15) is 0 Å². The minimum absolute atomic E-state index is 0.0987. The van der Waals surface area contributed by atoms with E-state index in [1.54, 1.807) is 0 Å². The van der Waals surface area contributed by atoms with Crippen molar-refractivity contribution in [3.05, 3.63) is 51.2 Å². The first-order valence-electron chi connectivity index (χ1n) is 8.42. The highest BCUT2D eigenvalue weighted by atomic mass is 32.1. The van der Waals surface area contributed by atoms with Crippen molar-refractivity contribution >= 4 is 22.9 Å². The second-order valence-electron chi connectivity index (χ2n) is 6.59. The molecule has 0 saturated heterocycles. The van der Waals surface area contributed by atoms with Gasteiger partial charge >= 0.3 is 0 Å². The van der Waals surface area contributed by atoms with Gasteiger partial charge < -0.3 is 5.32 Å². The molecule has 1 N–H and O–H groups in total. The maximum Gasteiger partial charge on any atom is 0.241 e. The minimum Gasteiger partial charge on any atom is -0.325 e. The van der Waals surface area contributed by atoms with Gasteiger partial charge in [-0.05, 0) is 72.9 Å². The summed E-state index contributed by atoms with van der Waals surface area (Å²) in [5.74, 6) is 0.0987. The van der Waals surface area contributed by atoms with Crippen LogP contribution < -0.4 is 5.32 Å². The van der Waals surface area contributed by atoms with Crippen LogP contribution in [0.2, 0.25) is 0 Å². The van der Waals surface area contributed by atoms with Crippen LogP contribution in [0, 0.1) is 0 Å². The normalized spacial score (nSPS) is 18.3. The van der Waals surface area contributed by atoms with Crippen LogP contribution in [0.25, 0.3) is 0 Å². The van der Waals surface area contributed by atoms with Gasteiger partial charge in [-0.1, -0.05) is 6.07 Å². The molecule has 0 spiro atoms. The maximum atomic E-state index is 12.6. The van der Waals surface area contributed by atoms with Crippen LogP contribution in [0.5, 0.6) is 0 Å². The molecule has 2 aromatic rings. The van der Waals surface area contributed by atoms with Crippen molar-refractivity contribution in [1.29, 1.82) is 0 Å². The molecule has 0 bridgehead atoms. The van der Waals surface area contributed by atoms with E-state index in [0.717, 1.165) is 31.6 Å². The number of aryl methyl sites for hydroxylation is 2. The summed E-state index contributed by atoms with van der Waals surface area (Å²) >= 11 is 1.83. The zero-order valence-electron chi connectivity index (χ0n) is 13.5. The lowest BCUT2D eigenvalue weighted by Crippen LogP contribution is -2.44. The molecule has 4 heteroatoms. The number of hydrogen-bond donors (Lipinski definition) is 1. The van der Waals surface area contributed by atoms with Gasteiger partial charge in [0.1, 0.15) is 0 Å². The number of anilines is 1. The molecule has 0 fully saturated rings. The average molecular weight is 326 g/mol. The summed E-state index contributed by atoms with van der Waals surface area (Å²) in [6.07, 6.45) is 4.61. The van der Waals surface area contributed by atoms with E-state index in [1.165, 1.54) is 34.4 Å². The molecule has 1 aromatic carbocycles. The summed E-state index contributed by atoms with van der Waals surface area (Å²) in [5, 5.41) is 5.26. The van der Waals surface area contributed by atoms with E-state index < -0.39 is 0 Å². The smallest absolute Gasteiger partial charge is 0.241 e. The van der Waals surface area contributed by atoms with Crippen molar-refractivity contribution in [2.45, 2.75) is 45.2 Å². The van der Waals surface area contributed by atoms with Crippen LogP contribution in [0.3, 0.4) is 0 Å². The van der Waals surface area contributed by atoms with Crippen LogP contribution in [-0.4, -0.2) is 23.4 Å². The van der Waals surface area contributed by atoms with E-state index in [4.69, 9.17) is 0 Å². The van der Waals surface area contributed by atoms with Crippen molar-refractivity contribution in [3.8, 4) is 0 Å². The van der Waals surface area contributed by atoms with E-state index in [0.29, 0.717) is 0 Å². The summed E-state index contributed by atoms with van der Waals surface area (Å²) < 4.78 is 0. The molecule has 0 radical (unpaired) electrons. The number of amides is 1. The summed E-state index contributed by atoms with van der Waals surface area (Å²) in [6.45, 7) is 3.87. The fourth-order valence-electron chi connectivity index (χ4n) is 3.66. The molecule has 2 heterocycles. The number of hydrogen-bond acceptors (Lipinski definition) is 3. The van der Waals surface area contributed by atoms with Crippen LogP contribution in [0.15, 0.2) is 29.6 Å². The summed E-state index contributed by atoms with van der Waals surface area (Å²) in [6, 6.07) is 8.46. The molecule has 1 atom stereocenters. The molecular weight excluding hydrogens is 304 g/mol. The second kappa shape index (κ2) is 6.10. The molecule has 1 aliphatic carbocycles. The standard InChI is InChI=1S/C19H22N2OS/c1-13(21-9-7-18-16(12-21)8-10-23-18)19(22)20-17-6-5-14-3-2-4-15(14)11-17/h5-6,8,10-11,13H,2-4,7,9,12H2,1H3,(H,20,22). The zero-order valence-corrected chi connectivity index (χ0v) is 14.3. The fraction of sp³-hybridized carbons (Fsp3) is 0.421. The number of carbonyl (C=O) groups is 1. The number of thiophene rings is 1. The second-order valence-corrected chi connectivity index (χ2v) is 7.59. The first-order chi connectivity index (χ1) is 11.2. The van der Waals surface area contributed by atoms with Crippen LogP contribution in [0.1, 0.15) is 34.9 Å². The fourth-order valence-corrected chi connectivity index (χ4v) is 4.55. The van der Waals surface area contributed by atoms with Crippen molar-refractivity contribution in [2.24, 2.45) is 0 Å². The van der Waals surface area contributed by atoms with Gasteiger partial charge in [0, 0.05) is 23.7 Å². The molecule has 120 valence electrons. The van der Waals surface area contributed by atoms with Gasteiger partial charge in [-0.3, -0.25) is 9.69 Å². The topological polar surface area (TPSA) is 32.3 Å². The van der Waals surface area contributed by atoms with E-state index in [1.807, 2.05) is 24.3 Å². The van der Waals surface area contributed by atoms with Gasteiger partial charge in [0.25, 0.3) is 0 Å². The van der Waals surface area contributed by atoms with E-state index >= 15 is 0 Å². The Balaban J connectivity index is 1.43. The summed E-state index contributed by atoms with van der Waals surface area (Å²) in [7, 11) is 0. The Bertz CT molecular complexity index is 737. The number of carbonyl (C=O) groups excluding carboxylic acids is 1. The van der Waals surface area contributed by atoms with E-state index in [-0.39, 0.29) is 11.9 Å². The average Bonchev–Trinajstić information content (AvgIpc) is 3.21. The first-order valence-corrected chi connectivity index (χ1v) is 9.30. The largest absolute Gasteiger partial charge is 0.325 e. The molecule has 2 aliphatic rings. The van der Waals surface area contributed by atoms with E-state index in [9.17, 15) is 4.79 Å². The van der Waals surface area contributed by atoms with Crippen LogP contribution in [-0.2, 0) is 30.6 Å². The van der Waals surface area contributed by atoms with Gasteiger partial charge in [-0.25, -0.2) is 0 Å². The highest BCUT2D eigenvalue weighted by molar-refractivity contribution is 7.10. The van der Waals surface area contributed by atoms with Crippen molar-refractivity contribution in [3.63, 3.8) is 0 Å². The van der Waals surface area contributed by atoms with Gasteiger partial charge in [-0.15, -0.1) is 11.3 Å². The molecule has 4 rings (SSSR count). The van der Waals surface area contributed by atoms with Crippen LogP contribution >= 0.6 is 11.3 Å². The highest BCUT2D eigenvalue weighted by Crippen LogP contribution is 2.27. The maximum absolute atomic E-state index is 12.6. The van der Waals surface area contributed by atoms with E-state index in [2.05, 4.69) is 33.8 Å². The Hall–Kier alpha value is -1.65. The third kappa shape index (κ3) is 2.93. The zero-order chi connectivity index (χ0) is 15.8. The van der Waals surface area contributed by atoms with Crippen molar-refractivity contribution in [1.82, 2.24) is 4.90 Å². The Morgan fingerprint density at radius 3 is 2.96 bits per heavy atom. The molecule has 1 amide bonds. The van der Waals surface area contributed by atoms with Crippen molar-refractivity contribution < 1.29 is 4.79 Å². The predicted molar refractivity (Wildman–Crippen MR) is 95.0 cm³/mol. The Morgan fingerprint density at radius 2 is 2.04 bits per heavy atom. The minimum atomic E-state index is -0.101. The molecule has 0 saturated carbocycles. The monoisotopic (exact) mass is 326 g/mol. The van der Waals surface area contributed by atoms with Gasteiger partial charge in [0.15, 0.2) is 0 Å². The molecular formula is C19H22N2OS. The highest BCUT2D eigenvalue weighted by Gasteiger charge is 2.26. The first kappa shape index (κ1) is 14.9. The third-order valence-electron chi connectivity index (χ3n) is 5.13. The van der Waals surface area contributed by atoms with Crippen LogP contribution in [0.4, 0.5) is 5.69 Å². The van der Waals surface area contributed by atoms with Gasteiger partial charge in [0.2, 0.25) is 5.91 Å². The molecule has 1 unspecified atom stereocenters. The molecule has 3 nitrogen and oxygen atoms in total. The quantitative estimate of drug-likeness (QED) is 0.934. The predicted octanol–water partition coefficient (Wildman–Crippen LogP) is 3.62. The number of benzene rings is 1. The number of rotatable bonds is 3. The lowest BCUT2D eigenvalue weighted by Gasteiger charge is -2.31. The molecule has 1 aliphatic heterocycles. The number of nitrogens with one attached hydrogen (secondary N) is 1. The SMILES string of the molecule is CC(C(=O)Nc1ccc2c(c1)CCC2)N1CCc2sccc2C1. The van der Waals surface area contributed by atoms with Gasteiger partial charge in [0.05, 0.1) is 6.04 Å². The Morgan fingerprint density at radius 1 is 1.17 bits per heavy atom. The summed E-state index contributed by atoms with van der Waals surface area (Å²) in [5.41, 5.74) is 5.17.